The number of esters is 1. The molecule has 2 rings (SSSR count). The zero-order chi connectivity index (χ0) is 18.2. The van der Waals surface area contributed by atoms with Crippen molar-refractivity contribution in [3.63, 3.8) is 0 Å². The van der Waals surface area contributed by atoms with Crippen molar-refractivity contribution >= 4 is 18.0 Å². The minimum absolute atomic E-state index is 0.0726. The number of aryl methyl sites for hydroxylation is 1. The number of amides is 1. The Morgan fingerprint density at radius 2 is 1.60 bits per heavy atom. The van der Waals surface area contributed by atoms with E-state index in [9.17, 15) is 9.59 Å². The molecule has 0 aliphatic heterocycles. The van der Waals surface area contributed by atoms with Gasteiger partial charge in [0, 0.05) is 19.7 Å². The molecule has 0 aliphatic carbocycles. The first-order valence-corrected chi connectivity index (χ1v) is 8.23. The first kappa shape index (κ1) is 18.5. The van der Waals surface area contributed by atoms with Crippen molar-refractivity contribution in [2.24, 2.45) is 0 Å². The number of methoxy groups -OCH3 is 1. The molecule has 4 heteroatoms. The molecule has 0 bridgehead atoms. The summed E-state index contributed by atoms with van der Waals surface area (Å²) in [6, 6.07) is 15.2. The van der Waals surface area contributed by atoms with Crippen molar-refractivity contribution in [3.05, 3.63) is 76.9 Å². The average Bonchev–Trinajstić information content (AvgIpc) is 2.66. The molecule has 2 aromatic rings. The number of benzene rings is 2. The fraction of sp³-hybridized carbons (Fsp3) is 0.238. The van der Waals surface area contributed by atoms with Crippen molar-refractivity contribution in [3.8, 4) is 0 Å². The normalized spacial score (nSPS) is 10.7. The predicted octanol–water partition coefficient (Wildman–Crippen LogP) is 3.71. The molecular weight excluding hydrogens is 314 g/mol. The lowest BCUT2D eigenvalue weighted by Gasteiger charge is -2.15. The third-order valence-corrected chi connectivity index (χ3v) is 3.98. The summed E-state index contributed by atoms with van der Waals surface area (Å²) in [7, 11) is 3.13. The quantitative estimate of drug-likeness (QED) is 0.596. The number of nitrogens with zero attached hydrogens (tertiary/aromatic N) is 1. The van der Waals surface area contributed by atoms with Crippen molar-refractivity contribution in [2.45, 2.75) is 19.9 Å². The van der Waals surface area contributed by atoms with E-state index in [2.05, 4.69) is 35.9 Å². The summed E-state index contributed by atoms with van der Waals surface area (Å²) in [6.07, 6.45) is 4.28. The molecule has 0 aliphatic rings. The van der Waals surface area contributed by atoms with Crippen LogP contribution in [0.2, 0.25) is 0 Å². The van der Waals surface area contributed by atoms with E-state index in [-0.39, 0.29) is 11.9 Å². The molecule has 0 saturated carbocycles. The topological polar surface area (TPSA) is 46.6 Å². The van der Waals surface area contributed by atoms with E-state index >= 15 is 0 Å². The van der Waals surface area contributed by atoms with Crippen LogP contribution in [0, 0.1) is 0 Å². The molecule has 0 spiro atoms. The Bertz CT molecular complexity index is 746. The second-order valence-electron chi connectivity index (χ2n) is 5.81. The summed E-state index contributed by atoms with van der Waals surface area (Å²) >= 11 is 0. The van der Waals surface area contributed by atoms with Crippen molar-refractivity contribution < 1.29 is 14.3 Å². The summed E-state index contributed by atoms with van der Waals surface area (Å²) in [4.78, 5) is 25.3. The Labute approximate surface area is 148 Å². The highest BCUT2D eigenvalue weighted by Crippen LogP contribution is 2.10. The molecule has 0 N–H and O–H groups in total. The van der Waals surface area contributed by atoms with Gasteiger partial charge in [0.15, 0.2) is 0 Å². The summed E-state index contributed by atoms with van der Waals surface area (Å²) in [5.74, 6) is -0.447. The third kappa shape index (κ3) is 5.31. The van der Waals surface area contributed by atoms with Gasteiger partial charge in [-0.3, -0.25) is 4.79 Å². The largest absolute Gasteiger partial charge is 0.465 e. The minimum Gasteiger partial charge on any atom is -0.465 e. The van der Waals surface area contributed by atoms with Crippen LogP contribution in [-0.2, 0) is 22.5 Å². The third-order valence-electron chi connectivity index (χ3n) is 3.98. The fourth-order valence-corrected chi connectivity index (χ4v) is 2.38. The second-order valence-corrected chi connectivity index (χ2v) is 5.81. The van der Waals surface area contributed by atoms with E-state index in [0.29, 0.717) is 12.1 Å². The maximum Gasteiger partial charge on any atom is 0.337 e. The van der Waals surface area contributed by atoms with Crippen LogP contribution < -0.4 is 0 Å². The Kier molecular flexibility index (Phi) is 6.52. The highest BCUT2D eigenvalue weighted by molar-refractivity contribution is 5.92. The molecule has 1 amide bonds. The van der Waals surface area contributed by atoms with Crippen LogP contribution in [0.25, 0.3) is 6.08 Å². The smallest absolute Gasteiger partial charge is 0.337 e. The van der Waals surface area contributed by atoms with Gasteiger partial charge in [0.25, 0.3) is 0 Å². The van der Waals surface area contributed by atoms with E-state index in [1.54, 1.807) is 42.3 Å². The first-order chi connectivity index (χ1) is 12.0. The number of carbonyl (C=O) groups excluding carboxylic acids is 2. The van der Waals surface area contributed by atoms with Crippen LogP contribution in [-0.4, -0.2) is 30.9 Å². The maximum atomic E-state index is 12.2. The second kappa shape index (κ2) is 8.83. The van der Waals surface area contributed by atoms with Gasteiger partial charge in [-0.2, -0.15) is 0 Å². The van der Waals surface area contributed by atoms with Crippen LogP contribution in [0.3, 0.4) is 0 Å². The van der Waals surface area contributed by atoms with Gasteiger partial charge in [-0.05, 0) is 41.3 Å². The standard InChI is InChI=1S/C21H23NO3/c1-4-16-5-7-18(8-6-16)15-22(2)20(23)14-11-17-9-12-19(13-10-17)21(24)25-3/h5-14H,4,15H2,1-3H3/b14-11+. The zero-order valence-electron chi connectivity index (χ0n) is 14.9. The number of hydrogen-bond acceptors (Lipinski definition) is 3. The highest BCUT2D eigenvalue weighted by atomic mass is 16.5. The van der Waals surface area contributed by atoms with Gasteiger partial charge in [-0.1, -0.05) is 43.3 Å². The number of carbonyl (C=O) groups is 2. The molecule has 0 fully saturated rings. The molecule has 130 valence electrons. The fourth-order valence-electron chi connectivity index (χ4n) is 2.38. The summed E-state index contributed by atoms with van der Waals surface area (Å²) in [6.45, 7) is 2.68. The van der Waals surface area contributed by atoms with Crippen LogP contribution in [0.4, 0.5) is 0 Å². The molecular formula is C21H23NO3. The number of likely N-dealkylation sites (N-methyl/N-ethyl adjacent to an activating group) is 1. The van der Waals surface area contributed by atoms with Gasteiger partial charge < -0.3 is 9.64 Å². The Balaban J connectivity index is 1.95. The summed E-state index contributed by atoms with van der Waals surface area (Å²) < 4.78 is 4.66. The lowest BCUT2D eigenvalue weighted by Crippen LogP contribution is -2.24. The molecule has 0 heterocycles. The number of ether oxygens (including phenoxy) is 1. The number of hydrogen-bond donors (Lipinski definition) is 0. The van der Waals surface area contributed by atoms with Crippen LogP contribution in [0.5, 0.6) is 0 Å². The monoisotopic (exact) mass is 337 g/mol. The number of rotatable bonds is 6. The highest BCUT2D eigenvalue weighted by Gasteiger charge is 2.06. The summed E-state index contributed by atoms with van der Waals surface area (Å²) in [5, 5.41) is 0. The predicted molar refractivity (Wildman–Crippen MR) is 99.1 cm³/mol. The Morgan fingerprint density at radius 3 is 2.16 bits per heavy atom. The first-order valence-electron chi connectivity index (χ1n) is 8.23. The molecule has 0 aromatic heterocycles. The zero-order valence-corrected chi connectivity index (χ0v) is 14.9. The van der Waals surface area contributed by atoms with Crippen LogP contribution in [0.1, 0.15) is 34.0 Å². The summed E-state index contributed by atoms with van der Waals surface area (Å²) in [5.41, 5.74) is 3.72. The molecule has 4 nitrogen and oxygen atoms in total. The molecule has 0 atom stereocenters. The van der Waals surface area contributed by atoms with Crippen LogP contribution >= 0.6 is 0 Å². The lowest BCUT2D eigenvalue weighted by atomic mass is 10.1. The van der Waals surface area contributed by atoms with Gasteiger partial charge in [-0.25, -0.2) is 4.79 Å². The van der Waals surface area contributed by atoms with E-state index in [1.165, 1.54) is 18.7 Å². The minimum atomic E-state index is -0.375. The molecule has 0 unspecified atom stereocenters. The van der Waals surface area contributed by atoms with Crippen molar-refractivity contribution in [2.75, 3.05) is 14.2 Å². The Hall–Kier alpha value is -2.88. The van der Waals surface area contributed by atoms with Gasteiger partial charge >= 0.3 is 5.97 Å². The SMILES string of the molecule is CCc1ccc(CN(C)C(=O)/C=C/c2ccc(C(=O)OC)cc2)cc1. The van der Waals surface area contributed by atoms with Gasteiger partial charge in [-0.15, -0.1) is 0 Å². The van der Waals surface area contributed by atoms with E-state index in [4.69, 9.17) is 0 Å². The van der Waals surface area contributed by atoms with E-state index < -0.39 is 0 Å². The molecule has 0 saturated heterocycles. The van der Waals surface area contributed by atoms with E-state index in [0.717, 1.165) is 17.5 Å². The lowest BCUT2D eigenvalue weighted by molar-refractivity contribution is -0.125. The maximum absolute atomic E-state index is 12.2. The van der Waals surface area contributed by atoms with Crippen molar-refractivity contribution in [1.29, 1.82) is 0 Å². The van der Waals surface area contributed by atoms with Gasteiger partial charge in [0.2, 0.25) is 5.91 Å². The van der Waals surface area contributed by atoms with Gasteiger partial charge in [0.05, 0.1) is 12.7 Å². The van der Waals surface area contributed by atoms with Gasteiger partial charge in [0.1, 0.15) is 0 Å². The Morgan fingerprint density at radius 1 is 1.00 bits per heavy atom. The van der Waals surface area contributed by atoms with Crippen molar-refractivity contribution in [1.82, 2.24) is 4.90 Å². The molecule has 0 radical (unpaired) electrons. The van der Waals surface area contributed by atoms with E-state index in [1.807, 2.05) is 0 Å². The van der Waals surface area contributed by atoms with Crippen LogP contribution in [0.15, 0.2) is 54.6 Å². The molecule has 25 heavy (non-hydrogen) atoms. The molecule has 2 aromatic carbocycles. The average molecular weight is 337 g/mol.